The zero-order valence-corrected chi connectivity index (χ0v) is 13.2. The molecule has 0 bridgehead atoms. The zero-order valence-electron chi connectivity index (χ0n) is 13.2. The average Bonchev–Trinajstić information content (AvgIpc) is 2.78. The van der Waals surface area contributed by atoms with Crippen LogP contribution in [0.1, 0.15) is 40.8 Å². The van der Waals surface area contributed by atoms with Gasteiger partial charge < -0.3 is 10.1 Å². The van der Waals surface area contributed by atoms with Crippen molar-refractivity contribution in [3.63, 3.8) is 0 Å². The Morgan fingerprint density at radius 3 is 2.43 bits per heavy atom. The van der Waals surface area contributed by atoms with Crippen molar-refractivity contribution < 1.29 is 4.74 Å². The van der Waals surface area contributed by atoms with Gasteiger partial charge in [-0.3, -0.25) is 0 Å². The second-order valence-electron chi connectivity index (χ2n) is 6.14. The first kappa shape index (κ1) is 14.2. The quantitative estimate of drug-likeness (QED) is 0.920. The minimum Gasteiger partial charge on any atom is -0.490 e. The smallest absolute Gasteiger partial charge is 0.123 e. The molecule has 2 aromatic carbocycles. The van der Waals surface area contributed by atoms with Crippen molar-refractivity contribution >= 4 is 0 Å². The van der Waals surface area contributed by atoms with Crippen molar-refractivity contribution in [1.82, 2.24) is 5.32 Å². The van der Waals surface area contributed by atoms with E-state index in [1.165, 1.54) is 27.8 Å². The summed E-state index contributed by atoms with van der Waals surface area (Å²) in [5.41, 5.74) is 6.57. The van der Waals surface area contributed by atoms with E-state index in [0.29, 0.717) is 6.10 Å². The third-order valence-corrected chi connectivity index (χ3v) is 4.12. The minimum atomic E-state index is 0.227. The van der Waals surface area contributed by atoms with Gasteiger partial charge in [0.2, 0.25) is 0 Å². The second-order valence-corrected chi connectivity index (χ2v) is 6.14. The van der Waals surface area contributed by atoms with Gasteiger partial charge in [-0.1, -0.05) is 41.5 Å². The van der Waals surface area contributed by atoms with Gasteiger partial charge in [0.05, 0.1) is 6.04 Å². The maximum absolute atomic E-state index is 5.80. The summed E-state index contributed by atoms with van der Waals surface area (Å²) in [5, 5.41) is 3.45. The molecule has 0 aliphatic carbocycles. The molecule has 0 spiro atoms. The molecule has 2 aromatic rings. The van der Waals surface area contributed by atoms with Crippen LogP contribution in [-0.4, -0.2) is 13.2 Å². The molecule has 110 valence electrons. The van der Waals surface area contributed by atoms with Crippen molar-refractivity contribution in [2.45, 2.75) is 39.3 Å². The maximum atomic E-state index is 5.80. The highest BCUT2D eigenvalue weighted by atomic mass is 16.5. The topological polar surface area (TPSA) is 21.3 Å². The number of hydrogen-bond acceptors (Lipinski definition) is 2. The van der Waals surface area contributed by atoms with Gasteiger partial charge >= 0.3 is 0 Å². The van der Waals surface area contributed by atoms with Crippen LogP contribution in [0.4, 0.5) is 0 Å². The molecule has 2 heteroatoms. The predicted molar refractivity (Wildman–Crippen MR) is 87.1 cm³/mol. The fraction of sp³-hybridized carbons (Fsp3) is 0.368. The van der Waals surface area contributed by atoms with Gasteiger partial charge in [-0.2, -0.15) is 0 Å². The molecule has 0 saturated carbocycles. The highest BCUT2D eigenvalue weighted by Gasteiger charge is 2.21. The highest BCUT2D eigenvalue weighted by molar-refractivity contribution is 5.44. The molecule has 0 aromatic heterocycles. The molecule has 2 unspecified atom stereocenters. The lowest BCUT2D eigenvalue weighted by molar-refractivity contribution is 0.254. The Morgan fingerprint density at radius 2 is 1.76 bits per heavy atom. The van der Waals surface area contributed by atoms with Crippen LogP contribution in [0.3, 0.4) is 0 Å². The van der Waals surface area contributed by atoms with Crippen molar-refractivity contribution in [2.24, 2.45) is 0 Å². The number of fused-ring (bicyclic) bond motifs is 1. The molecule has 1 aliphatic heterocycles. The molecule has 3 rings (SSSR count). The lowest BCUT2D eigenvalue weighted by Crippen LogP contribution is -2.18. The van der Waals surface area contributed by atoms with E-state index in [4.69, 9.17) is 4.74 Å². The van der Waals surface area contributed by atoms with Crippen LogP contribution in [-0.2, 0) is 6.42 Å². The van der Waals surface area contributed by atoms with Crippen molar-refractivity contribution in [1.29, 1.82) is 0 Å². The summed E-state index contributed by atoms with van der Waals surface area (Å²) in [6, 6.07) is 13.6. The second kappa shape index (κ2) is 5.53. The van der Waals surface area contributed by atoms with E-state index in [2.05, 4.69) is 62.5 Å². The van der Waals surface area contributed by atoms with Gasteiger partial charge in [-0.05, 0) is 50.6 Å². The number of hydrogen-bond donors (Lipinski definition) is 1. The summed E-state index contributed by atoms with van der Waals surface area (Å²) >= 11 is 0. The van der Waals surface area contributed by atoms with Crippen molar-refractivity contribution in [3.8, 4) is 5.75 Å². The van der Waals surface area contributed by atoms with E-state index < -0.39 is 0 Å². The first-order chi connectivity index (χ1) is 10.1. The Morgan fingerprint density at radius 1 is 1.05 bits per heavy atom. The van der Waals surface area contributed by atoms with E-state index in [1.54, 1.807) is 0 Å². The van der Waals surface area contributed by atoms with Crippen LogP contribution in [0.15, 0.2) is 36.4 Å². The van der Waals surface area contributed by atoms with Gasteiger partial charge in [-0.15, -0.1) is 0 Å². The molecule has 0 radical (unpaired) electrons. The van der Waals surface area contributed by atoms with Gasteiger partial charge in [0.1, 0.15) is 11.9 Å². The SMILES string of the molecule is CNC(c1cc(C)cc(C)c1)c1ccc2c(c1)CC(C)O2. The Bertz CT molecular complexity index is 642. The van der Waals surface area contributed by atoms with Gasteiger partial charge in [0.15, 0.2) is 0 Å². The standard InChI is InChI=1S/C19H23NO/c1-12-7-13(2)9-17(8-12)19(20-4)15-5-6-18-16(11-15)10-14(3)21-18/h5-9,11,14,19-20H,10H2,1-4H3. The average molecular weight is 281 g/mol. The summed E-state index contributed by atoms with van der Waals surface area (Å²) in [7, 11) is 2.02. The summed E-state index contributed by atoms with van der Waals surface area (Å²) in [6.07, 6.45) is 1.30. The van der Waals surface area contributed by atoms with Crippen LogP contribution < -0.4 is 10.1 Å². The third kappa shape index (κ3) is 2.81. The molecule has 0 saturated heterocycles. The normalized spacial score (nSPS) is 18.2. The van der Waals surface area contributed by atoms with Crippen LogP contribution >= 0.6 is 0 Å². The maximum Gasteiger partial charge on any atom is 0.123 e. The van der Waals surface area contributed by atoms with Gasteiger partial charge in [-0.25, -0.2) is 0 Å². The number of nitrogens with one attached hydrogen (secondary N) is 1. The Hall–Kier alpha value is -1.80. The van der Waals surface area contributed by atoms with Crippen molar-refractivity contribution in [3.05, 3.63) is 64.2 Å². The van der Waals surface area contributed by atoms with Crippen LogP contribution in [0, 0.1) is 13.8 Å². The number of rotatable bonds is 3. The van der Waals surface area contributed by atoms with E-state index in [9.17, 15) is 0 Å². The molecular formula is C19H23NO. The van der Waals surface area contributed by atoms with Crippen LogP contribution in [0.2, 0.25) is 0 Å². The first-order valence-corrected chi connectivity index (χ1v) is 7.62. The lowest BCUT2D eigenvalue weighted by atomic mass is 9.94. The van der Waals surface area contributed by atoms with Crippen molar-refractivity contribution in [2.75, 3.05) is 7.05 Å². The van der Waals surface area contributed by atoms with E-state index in [0.717, 1.165) is 12.2 Å². The fourth-order valence-corrected chi connectivity index (χ4v) is 3.32. The molecule has 1 heterocycles. The minimum absolute atomic E-state index is 0.227. The van der Waals surface area contributed by atoms with Crippen LogP contribution in [0.5, 0.6) is 5.75 Å². The Balaban J connectivity index is 1.99. The summed E-state index contributed by atoms with van der Waals surface area (Å²) in [4.78, 5) is 0. The van der Waals surface area contributed by atoms with Gasteiger partial charge in [0.25, 0.3) is 0 Å². The fourth-order valence-electron chi connectivity index (χ4n) is 3.32. The first-order valence-electron chi connectivity index (χ1n) is 7.62. The Kier molecular flexibility index (Phi) is 3.73. The number of aryl methyl sites for hydroxylation is 2. The molecule has 0 amide bonds. The summed E-state index contributed by atoms with van der Waals surface area (Å²) < 4.78 is 5.80. The molecule has 21 heavy (non-hydrogen) atoms. The van der Waals surface area contributed by atoms with Crippen LogP contribution in [0.25, 0.3) is 0 Å². The molecule has 1 N–H and O–H groups in total. The summed E-state index contributed by atoms with van der Waals surface area (Å²) in [6.45, 7) is 6.43. The van der Waals surface area contributed by atoms with E-state index >= 15 is 0 Å². The highest BCUT2D eigenvalue weighted by Crippen LogP contribution is 2.33. The molecule has 0 fully saturated rings. The largest absolute Gasteiger partial charge is 0.490 e. The molecular weight excluding hydrogens is 258 g/mol. The lowest BCUT2D eigenvalue weighted by Gasteiger charge is -2.19. The Labute approximate surface area is 127 Å². The monoisotopic (exact) mass is 281 g/mol. The number of ether oxygens (including phenoxy) is 1. The number of benzene rings is 2. The van der Waals surface area contributed by atoms with Gasteiger partial charge in [0, 0.05) is 6.42 Å². The molecule has 2 atom stereocenters. The summed E-state index contributed by atoms with van der Waals surface area (Å²) in [5.74, 6) is 1.04. The third-order valence-electron chi connectivity index (χ3n) is 4.12. The predicted octanol–water partition coefficient (Wildman–Crippen LogP) is 3.94. The molecule has 2 nitrogen and oxygen atoms in total. The van der Waals surface area contributed by atoms with E-state index in [1.807, 2.05) is 7.05 Å². The zero-order chi connectivity index (χ0) is 15.0. The molecule has 1 aliphatic rings. The van der Waals surface area contributed by atoms with E-state index in [-0.39, 0.29) is 6.04 Å².